The minimum atomic E-state index is -0.749. The van der Waals surface area contributed by atoms with Crippen LogP contribution in [0, 0.1) is 11.3 Å². The van der Waals surface area contributed by atoms with E-state index in [0.717, 1.165) is 0 Å². The van der Waals surface area contributed by atoms with E-state index < -0.39 is 6.10 Å². The van der Waals surface area contributed by atoms with Crippen molar-refractivity contribution in [2.75, 3.05) is 0 Å². The smallest absolute Gasteiger partial charge is 0.110 e. The van der Waals surface area contributed by atoms with Gasteiger partial charge in [-0.05, 0) is 0 Å². The molecular formula is C7H9N3O. The number of rotatable bonds is 2. The molecule has 0 amide bonds. The van der Waals surface area contributed by atoms with Crippen LogP contribution in [0.3, 0.4) is 0 Å². The SMILES string of the molecule is Cn1cnc(C(O)CC#N)c1. The lowest BCUT2D eigenvalue weighted by molar-refractivity contribution is 0.179. The van der Waals surface area contributed by atoms with E-state index in [2.05, 4.69) is 4.98 Å². The van der Waals surface area contributed by atoms with Gasteiger partial charge in [-0.25, -0.2) is 4.98 Å². The topological polar surface area (TPSA) is 61.8 Å². The van der Waals surface area contributed by atoms with Gasteiger partial charge in [0.2, 0.25) is 0 Å². The van der Waals surface area contributed by atoms with E-state index in [1.54, 1.807) is 17.1 Å². The van der Waals surface area contributed by atoms with Crippen molar-refractivity contribution in [2.45, 2.75) is 12.5 Å². The molecule has 1 atom stereocenters. The minimum absolute atomic E-state index is 0.0943. The summed E-state index contributed by atoms with van der Waals surface area (Å²) in [4.78, 5) is 3.90. The van der Waals surface area contributed by atoms with Crippen LogP contribution in [0.25, 0.3) is 0 Å². The maximum absolute atomic E-state index is 9.24. The Kier molecular flexibility index (Phi) is 2.24. The average molecular weight is 151 g/mol. The largest absolute Gasteiger partial charge is 0.386 e. The van der Waals surface area contributed by atoms with E-state index in [1.165, 1.54) is 0 Å². The summed E-state index contributed by atoms with van der Waals surface area (Å²) < 4.78 is 1.73. The predicted molar refractivity (Wildman–Crippen MR) is 38.4 cm³/mol. The highest BCUT2D eigenvalue weighted by Gasteiger charge is 2.08. The van der Waals surface area contributed by atoms with Gasteiger partial charge in [0.05, 0.1) is 24.5 Å². The van der Waals surface area contributed by atoms with Crippen LogP contribution in [-0.4, -0.2) is 14.7 Å². The number of aryl methyl sites for hydroxylation is 1. The fraction of sp³-hybridized carbons (Fsp3) is 0.429. The Morgan fingerprint density at radius 2 is 2.64 bits per heavy atom. The first kappa shape index (κ1) is 7.76. The van der Waals surface area contributed by atoms with Gasteiger partial charge in [0.15, 0.2) is 0 Å². The van der Waals surface area contributed by atoms with E-state index in [4.69, 9.17) is 5.26 Å². The van der Waals surface area contributed by atoms with Crippen molar-refractivity contribution in [3.05, 3.63) is 18.2 Å². The molecule has 0 aliphatic rings. The molecule has 0 aliphatic heterocycles. The molecule has 0 spiro atoms. The van der Waals surface area contributed by atoms with Crippen molar-refractivity contribution in [3.8, 4) is 6.07 Å². The predicted octanol–water partition coefficient (Wildman–Crippen LogP) is 0.367. The zero-order valence-corrected chi connectivity index (χ0v) is 6.23. The van der Waals surface area contributed by atoms with Crippen LogP contribution >= 0.6 is 0 Å². The maximum Gasteiger partial charge on any atom is 0.110 e. The van der Waals surface area contributed by atoms with Crippen LogP contribution in [-0.2, 0) is 7.05 Å². The van der Waals surface area contributed by atoms with Crippen LogP contribution in [0.1, 0.15) is 18.2 Å². The number of aliphatic hydroxyl groups excluding tert-OH is 1. The maximum atomic E-state index is 9.24. The summed E-state index contributed by atoms with van der Waals surface area (Å²) in [5.74, 6) is 0. The highest BCUT2D eigenvalue weighted by molar-refractivity contribution is 5.02. The quantitative estimate of drug-likeness (QED) is 0.664. The molecule has 1 unspecified atom stereocenters. The van der Waals surface area contributed by atoms with Crippen molar-refractivity contribution in [1.82, 2.24) is 9.55 Å². The zero-order chi connectivity index (χ0) is 8.27. The molecule has 0 saturated heterocycles. The normalized spacial score (nSPS) is 12.5. The van der Waals surface area contributed by atoms with Gasteiger partial charge in [0.25, 0.3) is 0 Å². The Balaban J connectivity index is 2.70. The van der Waals surface area contributed by atoms with E-state index in [9.17, 15) is 5.11 Å². The third-order valence-electron chi connectivity index (χ3n) is 1.35. The van der Waals surface area contributed by atoms with Crippen LogP contribution in [0.15, 0.2) is 12.5 Å². The fourth-order valence-electron chi connectivity index (χ4n) is 0.796. The van der Waals surface area contributed by atoms with Gasteiger partial charge in [-0.2, -0.15) is 5.26 Å². The molecule has 1 heterocycles. The summed E-state index contributed by atoms with van der Waals surface area (Å²) in [6, 6.07) is 1.88. The Labute approximate surface area is 64.7 Å². The summed E-state index contributed by atoms with van der Waals surface area (Å²) in [5, 5.41) is 17.5. The van der Waals surface area contributed by atoms with Crippen molar-refractivity contribution in [1.29, 1.82) is 5.26 Å². The average Bonchev–Trinajstić information content (AvgIpc) is 2.36. The highest BCUT2D eigenvalue weighted by atomic mass is 16.3. The first-order valence-electron chi connectivity index (χ1n) is 3.27. The molecule has 0 fully saturated rings. The number of nitrogens with zero attached hydrogens (tertiary/aromatic N) is 3. The number of nitriles is 1. The number of hydrogen-bond donors (Lipinski definition) is 1. The molecule has 0 saturated carbocycles. The second-order valence-corrected chi connectivity index (χ2v) is 2.34. The van der Waals surface area contributed by atoms with E-state index in [0.29, 0.717) is 5.69 Å². The van der Waals surface area contributed by atoms with Crippen LogP contribution in [0.2, 0.25) is 0 Å². The van der Waals surface area contributed by atoms with Crippen molar-refractivity contribution in [2.24, 2.45) is 7.05 Å². The van der Waals surface area contributed by atoms with Crippen LogP contribution in [0.4, 0.5) is 0 Å². The molecule has 0 radical (unpaired) electrons. The van der Waals surface area contributed by atoms with Crippen LogP contribution in [0.5, 0.6) is 0 Å². The molecule has 1 N–H and O–H groups in total. The molecule has 1 rings (SSSR count). The molecule has 0 bridgehead atoms. The van der Waals surface area contributed by atoms with Gasteiger partial charge in [0, 0.05) is 13.2 Å². The standard InChI is InChI=1S/C7H9N3O/c1-10-4-6(9-5-10)7(11)2-3-8/h4-5,7,11H,2H2,1H3. The molecule has 4 nitrogen and oxygen atoms in total. The number of imidazole rings is 1. The number of aliphatic hydroxyl groups is 1. The third kappa shape index (κ3) is 1.79. The van der Waals surface area contributed by atoms with Gasteiger partial charge in [-0.15, -0.1) is 0 Å². The molecule has 1 aromatic heterocycles. The first-order chi connectivity index (χ1) is 5.24. The van der Waals surface area contributed by atoms with Gasteiger partial charge in [-0.1, -0.05) is 0 Å². The Morgan fingerprint density at radius 1 is 1.91 bits per heavy atom. The second-order valence-electron chi connectivity index (χ2n) is 2.34. The third-order valence-corrected chi connectivity index (χ3v) is 1.35. The van der Waals surface area contributed by atoms with Gasteiger partial charge in [0.1, 0.15) is 6.10 Å². The molecular weight excluding hydrogens is 142 g/mol. The lowest BCUT2D eigenvalue weighted by Crippen LogP contribution is -1.95. The summed E-state index contributed by atoms with van der Waals surface area (Å²) in [7, 11) is 1.82. The number of hydrogen-bond acceptors (Lipinski definition) is 3. The lowest BCUT2D eigenvalue weighted by atomic mass is 10.2. The Bertz CT molecular complexity index is 273. The van der Waals surface area contributed by atoms with Gasteiger partial charge in [-0.3, -0.25) is 0 Å². The highest BCUT2D eigenvalue weighted by Crippen LogP contribution is 2.11. The second kappa shape index (κ2) is 3.17. The van der Waals surface area contributed by atoms with Gasteiger partial charge < -0.3 is 9.67 Å². The molecule has 1 aromatic rings. The summed E-state index contributed by atoms with van der Waals surface area (Å²) in [6.07, 6.45) is 2.63. The van der Waals surface area contributed by atoms with E-state index in [1.807, 2.05) is 13.1 Å². The van der Waals surface area contributed by atoms with E-state index in [-0.39, 0.29) is 6.42 Å². The summed E-state index contributed by atoms with van der Waals surface area (Å²) >= 11 is 0. The first-order valence-corrected chi connectivity index (χ1v) is 3.27. The van der Waals surface area contributed by atoms with E-state index >= 15 is 0 Å². The van der Waals surface area contributed by atoms with Gasteiger partial charge >= 0.3 is 0 Å². The monoisotopic (exact) mass is 151 g/mol. The molecule has 4 heteroatoms. The number of aromatic nitrogens is 2. The Hall–Kier alpha value is -1.34. The fourth-order valence-corrected chi connectivity index (χ4v) is 0.796. The minimum Gasteiger partial charge on any atom is -0.386 e. The zero-order valence-electron chi connectivity index (χ0n) is 6.23. The van der Waals surface area contributed by atoms with Crippen molar-refractivity contribution >= 4 is 0 Å². The van der Waals surface area contributed by atoms with Crippen LogP contribution < -0.4 is 0 Å². The van der Waals surface area contributed by atoms with Crippen molar-refractivity contribution < 1.29 is 5.11 Å². The molecule has 0 aromatic carbocycles. The molecule has 11 heavy (non-hydrogen) atoms. The molecule has 0 aliphatic carbocycles. The summed E-state index contributed by atoms with van der Waals surface area (Å²) in [6.45, 7) is 0. The summed E-state index contributed by atoms with van der Waals surface area (Å²) in [5.41, 5.74) is 0.550. The molecule has 58 valence electrons. The van der Waals surface area contributed by atoms with Crippen molar-refractivity contribution in [3.63, 3.8) is 0 Å². The Morgan fingerprint density at radius 3 is 3.09 bits per heavy atom. The lowest BCUT2D eigenvalue weighted by Gasteiger charge is -1.99.